The molecule has 0 aliphatic carbocycles. The van der Waals surface area contributed by atoms with Crippen molar-refractivity contribution < 1.29 is 9.15 Å². The Balaban J connectivity index is 1.79. The third-order valence-corrected chi connectivity index (χ3v) is 3.51. The molecule has 0 bridgehead atoms. The third kappa shape index (κ3) is 5.27. The summed E-state index contributed by atoms with van der Waals surface area (Å²) in [5, 5.41) is 3.44. The van der Waals surface area contributed by atoms with Gasteiger partial charge in [-0.3, -0.25) is 4.90 Å². The lowest BCUT2D eigenvalue weighted by atomic mass is 10.2. The van der Waals surface area contributed by atoms with Gasteiger partial charge in [-0.1, -0.05) is 13.8 Å². The quantitative estimate of drug-likeness (QED) is 0.869. The SMILES string of the molecule is CC(C)CNCc1coc(CN2CCCOC(C)C2)c1. The van der Waals surface area contributed by atoms with Gasteiger partial charge in [-0.15, -0.1) is 0 Å². The van der Waals surface area contributed by atoms with E-state index in [1.807, 2.05) is 6.26 Å². The Kier molecular flexibility index (Phi) is 6.07. The minimum absolute atomic E-state index is 0.319. The third-order valence-electron chi connectivity index (χ3n) is 3.51. The molecule has 20 heavy (non-hydrogen) atoms. The minimum Gasteiger partial charge on any atom is -0.468 e. The van der Waals surface area contributed by atoms with E-state index >= 15 is 0 Å². The van der Waals surface area contributed by atoms with Gasteiger partial charge in [-0.25, -0.2) is 0 Å². The average molecular weight is 280 g/mol. The molecule has 1 unspecified atom stereocenters. The monoisotopic (exact) mass is 280 g/mol. The summed E-state index contributed by atoms with van der Waals surface area (Å²) in [6.07, 6.45) is 3.30. The fourth-order valence-electron chi connectivity index (χ4n) is 2.55. The van der Waals surface area contributed by atoms with Crippen molar-refractivity contribution in [1.82, 2.24) is 10.2 Å². The van der Waals surface area contributed by atoms with Gasteiger partial charge in [-0.05, 0) is 31.9 Å². The molecule has 0 aromatic carbocycles. The van der Waals surface area contributed by atoms with Gasteiger partial charge >= 0.3 is 0 Å². The van der Waals surface area contributed by atoms with E-state index in [0.717, 1.165) is 51.5 Å². The summed E-state index contributed by atoms with van der Waals surface area (Å²) in [5.41, 5.74) is 1.24. The van der Waals surface area contributed by atoms with Crippen LogP contribution in [0, 0.1) is 5.92 Å². The molecule has 2 rings (SSSR count). The van der Waals surface area contributed by atoms with Crippen LogP contribution < -0.4 is 5.32 Å². The van der Waals surface area contributed by atoms with Crippen LogP contribution in [-0.4, -0.2) is 37.2 Å². The van der Waals surface area contributed by atoms with E-state index in [0.29, 0.717) is 12.0 Å². The molecule has 4 nitrogen and oxygen atoms in total. The highest BCUT2D eigenvalue weighted by Gasteiger charge is 2.16. The normalized spacial score (nSPS) is 21.3. The van der Waals surface area contributed by atoms with Gasteiger partial charge in [0, 0.05) is 31.8 Å². The highest BCUT2D eigenvalue weighted by Crippen LogP contribution is 2.13. The van der Waals surface area contributed by atoms with Gasteiger partial charge in [0.15, 0.2) is 0 Å². The van der Waals surface area contributed by atoms with E-state index in [4.69, 9.17) is 9.15 Å². The number of hydrogen-bond acceptors (Lipinski definition) is 4. The summed E-state index contributed by atoms with van der Waals surface area (Å²) in [4.78, 5) is 2.42. The van der Waals surface area contributed by atoms with Crippen molar-refractivity contribution in [2.75, 3.05) is 26.2 Å². The molecule has 1 aliphatic heterocycles. The van der Waals surface area contributed by atoms with Crippen LogP contribution in [0.4, 0.5) is 0 Å². The average Bonchev–Trinajstić information content (AvgIpc) is 2.71. The molecule has 1 fully saturated rings. The maximum absolute atomic E-state index is 5.68. The van der Waals surface area contributed by atoms with Crippen molar-refractivity contribution in [3.8, 4) is 0 Å². The molecule has 2 heterocycles. The Labute approximate surface area is 122 Å². The number of hydrogen-bond donors (Lipinski definition) is 1. The Morgan fingerprint density at radius 3 is 3.10 bits per heavy atom. The van der Waals surface area contributed by atoms with Crippen LogP contribution >= 0.6 is 0 Å². The van der Waals surface area contributed by atoms with Crippen LogP contribution in [0.3, 0.4) is 0 Å². The van der Waals surface area contributed by atoms with Crippen LogP contribution in [0.5, 0.6) is 0 Å². The molecule has 1 saturated heterocycles. The molecular weight excluding hydrogens is 252 g/mol. The molecule has 0 saturated carbocycles. The molecular formula is C16H28N2O2. The molecule has 1 atom stereocenters. The summed E-state index contributed by atoms with van der Waals surface area (Å²) in [6, 6.07) is 2.17. The second-order valence-electron chi connectivity index (χ2n) is 6.22. The predicted molar refractivity (Wildman–Crippen MR) is 80.6 cm³/mol. The largest absolute Gasteiger partial charge is 0.468 e. The van der Waals surface area contributed by atoms with E-state index in [1.165, 1.54) is 5.56 Å². The van der Waals surface area contributed by atoms with Crippen molar-refractivity contribution in [1.29, 1.82) is 0 Å². The van der Waals surface area contributed by atoms with E-state index in [1.54, 1.807) is 0 Å². The standard InChI is InChI=1S/C16H28N2O2/c1-13(2)8-17-9-15-7-16(20-12-15)11-18-5-4-6-19-14(3)10-18/h7,12-14,17H,4-6,8-11H2,1-3H3. The van der Waals surface area contributed by atoms with Gasteiger partial charge in [0.2, 0.25) is 0 Å². The maximum atomic E-state index is 5.68. The fourth-order valence-corrected chi connectivity index (χ4v) is 2.55. The molecule has 0 spiro atoms. The summed E-state index contributed by atoms with van der Waals surface area (Å²) >= 11 is 0. The number of nitrogens with zero attached hydrogens (tertiary/aromatic N) is 1. The van der Waals surface area contributed by atoms with Gasteiger partial charge in [0.25, 0.3) is 0 Å². The van der Waals surface area contributed by atoms with Crippen molar-refractivity contribution in [3.05, 3.63) is 23.7 Å². The number of nitrogens with one attached hydrogen (secondary N) is 1. The predicted octanol–water partition coefficient (Wildman–Crippen LogP) is 2.64. The lowest BCUT2D eigenvalue weighted by Crippen LogP contribution is -2.29. The Hall–Kier alpha value is -0.840. The van der Waals surface area contributed by atoms with Crippen LogP contribution in [0.15, 0.2) is 16.7 Å². The highest BCUT2D eigenvalue weighted by atomic mass is 16.5. The first-order valence-electron chi connectivity index (χ1n) is 7.74. The first-order chi connectivity index (χ1) is 9.63. The molecule has 4 heteroatoms. The van der Waals surface area contributed by atoms with Crippen molar-refractivity contribution in [3.63, 3.8) is 0 Å². The van der Waals surface area contributed by atoms with E-state index in [-0.39, 0.29) is 0 Å². The zero-order chi connectivity index (χ0) is 14.4. The van der Waals surface area contributed by atoms with Gasteiger partial charge in [-0.2, -0.15) is 0 Å². The molecule has 114 valence electrons. The lowest BCUT2D eigenvalue weighted by molar-refractivity contribution is 0.0659. The molecule has 1 aromatic heterocycles. The van der Waals surface area contributed by atoms with Gasteiger partial charge < -0.3 is 14.5 Å². The smallest absolute Gasteiger partial charge is 0.118 e. The van der Waals surface area contributed by atoms with Crippen molar-refractivity contribution in [2.45, 2.75) is 46.4 Å². The summed E-state index contributed by atoms with van der Waals surface area (Å²) in [6.45, 7) is 12.4. The lowest BCUT2D eigenvalue weighted by Gasteiger charge is -2.20. The van der Waals surface area contributed by atoms with E-state index < -0.39 is 0 Å². The summed E-state index contributed by atoms with van der Waals surface area (Å²) in [7, 11) is 0. The zero-order valence-electron chi connectivity index (χ0n) is 13.0. The summed E-state index contributed by atoms with van der Waals surface area (Å²) in [5.74, 6) is 1.74. The highest BCUT2D eigenvalue weighted by molar-refractivity contribution is 5.12. The molecule has 1 N–H and O–H groups in total. The first kappa shape index (κ1) is 15.5. The number of furan rings is 1. The molecule has 0 radical (unpaired) electrons. The fraction of sp³-hybridized carbons (Fsp3) is 0.750. The van der Waals surface area contributed by atoms with Gasteiger partial charge in [0.1, 0.15) is 5.76 Å². The first-order valence-corrected chi connectivity index (χ1v) is 7.74. The van der Waals surface area contributed by atoms with Crippen LogP contribution in [0.2, 0.25) is 0 Å². The van der Waals surface area contributed by atoms with Crippen molar-refractivity contribution in [2.24, 2.45) is 5.92 Å². The Morgan fingerprint density at radius 1 is 1.45 bits per heavy atom. The minimum atomic E-state index is 0.319. The number of ether oxygens (including phenoxy) is 1. The molecule has 1 aromatic rings. The van der Waals surface area contributed by atoms with E-state index in [2.05, 4.69) is 37.1 Å². The van der Waals surface area contributed by atoms with Crippen LogP contribution in [-0.2, 0) is 17.8 Å². The van der Waals surface area contributed by atoms with Gasteiger partial charge in [0.05, 0.1) is 18.9 Å². The van der Waals surface area contributed by atoms with Crippen molar-refractivity contribution >= 4 is 0 Å². The molecule has 0 amide bonds. The zero-order valence-corrected chi connectivity index (χ0v) is 13.0. The Morgan fingerprint density at radius 2 is 2.30 bits per heavy atom. The van der Waals surface area contributed by atoms with Crippen LogP contribution in [0.25, 0.3) is 0 Å². The summed E-state index contributed by atoms with van der Waals surface area (Å²) < 4.78 is 11.3. The Bertz CT molecular complexity index is 390. The maximum Gasteiger partial charge on any atom is 0.118 e. The number of rotatable bonds is 6. The second kappa shape index (κ2) is 7.81. The van der Waals surface area contributed by atoms with E-state index in [9.17, 15) is 0 Å². The molecule has 1 aliphatic rings. The van der Waals surface area contributed by atoms with Crippen LogP contribution in [0.1, 0.15) is 38.5 Å². The topological polar surface area (TPSA) is 37.6 Å². The second-order valence-corrected chi connectivity index (χ2v) is 6.22.